The molecule has 31 heavy (non-hydrogen) atoms. The molecule has 3 rings (SSSR count). The normalized spacial score (nSPS) is 11.0. The molecular formula is C22H19FN4O3S. The van der Waals surface area contributed by atoms with Crippen LogP contribution in [-0.4, -0.2) is 23.2 Å². The third-order valence-electron chi connectivity index (χ3n) is 4.16. The van der Waals surface area contributed by atoms with E-state index in [4.69, 9.17) is 9.47 Å². The van der Waals surface area contributed by atoms with Crippen molar-refractivity contribution in [1.29, 1.82) is 5.26 Å². The highest BCUT2D eigenvalue weighted by Gasteiger charge is 2.13. The van der Waals surface area contributed by atoms with Crippen LogP contribution in [0.2, 0.25) is 0 Å². The second-order valence-corrected chi connectivity index (χ2v) is 7.37. The molecular weight excluding hydrogens is 419 g/mol. The minimum Gasteiger partial charge on any atom is -0.493 e. The van der Waals surface area contributed by atoms with Crippen LogP contribution in [0.3, 0.4) is 0 Å². The lowest BCUT2D eigenvalue weighted by Crippen LogP contribution is -2.13. The Hall–Kier alpha value is -3.77. The van der Waals surface area contributed by atoms with E-state index in [2.05, 4.69) is 15.5 Å². The molecule has 158 valence electrons. The van der Waals surface area contributed by atoms with Crippen molar-refractivity contribution in [3.8, 4) is 17.6 Å². The summed E-state index contributed by atoms with van der Waals surface area (Å²) in [6, 6.07) is 12.9. The number of aromatic nitrogens is 2. The third-order valence-corrected chi connectivity index (χ3v) is 5.14. The van der Waals surface area contributed by atoms with Crippen LogP contribution in [0.25, 0.3) is 6.08 Å². The number of rotatable bonds is 8. The van der Waals surface area contributed by atoms with Gasteiger partial charge >= 0.3 is 0 Å². The van der Waals surface area contributed by atoms with Crippen LogP contribution >= 0.6 is 11.3 Å². The van der Waals surface area contributed by atoms with E-state index < -0.39 is 5.91 Å². The summed E-state index contributed by atoms with van der Waals surface area (Å²) in [7, 11) is 1.49. The molecule has 0 aliphatic carbocycles. The molecule has 0 spiro atoms. The van der Waals surface area contributed by atoms with E-state index in [-0.39, 0.29) is 18.0 Å². The van der Waals surface area contributed by atoms with Gasteiger partial charge in [-0.2, -0.15) is 5.26 Å². The van der Waals surface area contributed by atoms with E-state index in [0.717, 1.165) is 10.6 Å². The smallest absolute Gasteiger partial charge is 0.268 e. The van der Waals surface area contributed by atoms with E-state index in [0.29, 0.717) is 28.6 Å². The van der Waals surface area contributed by atoms with E-state index in [1.165, 1.54) is 36.7 Å². The van der Waals surface area contributed by atoms with Gasteiger partial charge in [0, 0.05) is 0 Å². The average molecular weight is 438 g/mol. The van der Waals surface area contributed by atoms with Crippen LogP contribution < -0.4 is 14.8 Å². The zero-order chi connectivity index (χ0) is 22.2. The zero-order valence-corrected chi connectivity index (χ0v) is 17.7. The first-order chi connectivity index (χ1) is 15.0. The number of carbonyl (C=O) groups is 1. The zero-order valence-electron chi connectivity index (χ0n) is 16.9. The molecule has 0 radical (unpaired) electrons. The Bertz CT molecular complexity index is 1140. The molecule has 0 saturated heterocycles. The lowest BCUT2D eigenvalue weighted by atomic mass is 10.1. The minimum atomic E-state index is -0.572. The fraction of sp³-hybridized carbons (Fsp3) is 0.182. The predicted molar refractivity (Wildman–Crippen MR) is 115 cm³/mol. The largest absolute Gasteiger partial charge is 0.493 e. The first-order valence-corrected chi connectivity index (χ1v) is 10.1. The number of carbonyl (C=O) groups excluding carboxylic acids is 1. The van der Waals surface area contributed by atoms with Crippen LogP contribution in [0.5, 0.6) is 11.5 Å². The molecule has 2 aromatic carbocycles. The predicted octanol–water partition coefficient (Wildman–Crippen LogP) is 4.37. The Morgan fingerprint density at radius 1 is 1.23 bits per heavy atom. The summed E-state index contributed by atoms with van der Waals surface area (Å²) in [5.74, 6) is 0.0294. The molecule has 1 heterocycles. The number of halogens is 1. The molecule has 9 heteroatoms. The highest BCUT2D eigenvalue weighted by molar-refractivity contribution is 7.15. The number of anilines is 1. The van der Waals surface area contributed by atoms with Crippen LogP contribution in [-0.2, 0) is 17.8 Å². The van der Waals surface area contributed by atoms with E-state index in [9.17, 15) is 14.4 Å². The molecule has 0 saturated carbocycles. The van der Waals surface area contributed by atoms with Gasteiger partial charge in [0.1, 0.15) is 29.1 Å². The van der Waals surface area contributed by atoms with Crippen LogP contribution in [0, 0.1) is 17.1 Å². The molecule has 0 aliphatic rings. The van der Waals surface area contributed by atoms with Gasteiger partial charge in [-0.3, -0.25) is 10.1 Å². The van der Waals surface area contributed by atoms with Crippen molar-refractivity contribution in [2.45, 2.75) is 20.0 Å². The van der Waals surface area contributed by atoms with Gasteiger partial charge in [-0.15, -0.1) is 10.2 Å². The van der Waals surface area contributed by atoms with Gasteiger partial charge in [0.25, 0.3) is 5.91 Å². The standard InChI is InChI=1S/C22H19FN4O3S/c1-3-20-26-27-22(31-20)25-21(28)16(12-24)10-15-6-9-18(19(11-15)29-2)30-13-14-4-7-17(23)8-5-14/h4-11H,3,13H2,1-2H3,(H,25,27,28). The summed E-state index contributed by atoms with van der Waals surface area (Å²) in [5, 5.41) is 20.9. The van der Waals surface area contributed by atoms with Gasteiger partial charge in [-0.05, 0) is 47.9 Å². The molecule has 0 aliphatic heterocycles. The van der Waals surface area contributed by atoms with Gasteiger partial charge in [0.05, 0.1) is 7.11 Å². The summed E-state index contributed by atoms with van der Waals surface area (Å²) >= 11 is 1.26. The van der Waals surface area contributed by atoms with Crippen LogP contribution in [0.4, 0.5) is 9.52 Å². The van der Waals surface area contributed by atoms with Crippen molar-refractivity contribution in [2.75, 3.05) is 12.4 Å². The number of nitrogens with one attached hydrogen (secondary N) is 1. The second-order valence-electron chi connectivity index (χ2n) is 6.30. The number of nitrogens with zero attached hydrogens (tertiary/aromatic N) is 3. The minimum absolute atomic E-state index is 0.0877. The Kier molecular flexibility index (Phi) is 7.30. The van der Waals surface area contributed by atoms with Gasteiger partial charge in [-0.25, -0.2) is 4.39 Å². The topological polar surface area (TPSA) is 97.1 Å². The molecule has 0 fully saturated rings. The Balaban J connectivity index is 1.73. The van der Waals surface area contributed by atoms with E-state index >= 15 is 0 Å². The molecule has 7 nitrogen and oxygen atoms in total. The maximum atomic E-state index is 13.0. The number of hydrogen-bond donors (Lipinski definition) is 1. The number of ether oxygens (including phenoxy) is 2. The van der Waals surface area contributed by atoms with Crippen molar-refractivity contribution < 1.29 is 18.7 Å². The number of hydrogen-bond acceptors (Lipinski definition) is 7. The molecule has 1 aromatic heterocycles. The van der Waals surface area contributed by atoms with Gasteiger partial charge in [0.15, 0.2) is 11.5 Å². The number of benzene rings is 2. The number of methoxy groups -OCH3 is 1. The molecule has 0 unspecified atom stereocenters. The monoisotopic (exact) mass is 438 g/mol. The lowest BCUT2D eigenvalue weighted by Gasteiger charge is -2.11. The number of amides is 1. The summed E-state index contributed by atoms with van der Waals surface area (Å²) in [6.45, 7) is 2.17. The summed E-state index contributed by atoms with van der Waals surface area (Å²) in [6.07, 6.45) is 2.16. The highest BCUT2D eigenvalue weighted by Crippen LogP contribution is 2.30. The average Bonchev–Trinajstić information content (AvgIpc) is 3.24. The third kappa shape index (κ3) is 5.87. The van der Waals surface area contributed by atoms with Gasteiger partial charge < -0.3 is 9.47 Å². The SMILES string of the molecule is CCc1nnc(NC(=O)C(C#N)=Cc2ccc(OCc3ccc(F)cc3)c(OC)c2)s1. The van der Waals surface area contributed by atoms with Crippen molar-refractivity contribution >= 4 is 28.5 Å². The summed E-state index contributed by atoms with van der Waals surface area (Å²) in [5.41, 5.74) is 1.30. The van der Waals surface area contributed by atoms with Crippen molar-refractivity contribution in [2.24, 2.45) is 0 Å². The van der Waals surface area contributed by atoms with E-state index in [1.807, 2.05) is 13.0 Å². The molecule has 1 N–H and O–H groups in total. The maximum absolute atomic E-state index is 13.0. The molecule has 1 amide bonds. The first-order valence-electron chi connectivity index (χ1n) is 9.33. The van der Waals surface area contributed by atoms with Crippen LogP contribution in [0.15, 0.2) is 48.0 Å². The maximum Gasteiger partial charge on any atom is 0.268 e. The van der Waals surface area contributed by atoms with Gasteiger partial charge in [-0.1, -0.05) is 36.5 Å². The Morgan fingerprint density at radius 3 is 2.65 bits per heavy atom. The fourth-order valence-corrected chi connectivity index (χ4v) is 3.24. The Morgan fingerprint density at radius 2 is 2.00 bits per heavy atom. The molecule has 0 atom stereocenters. The highest BCUT2D eigenvalue weighted by atomic mass is 32.1. The Labute approximate surface area is 182 Å². The van der Waals surface area contributed by atoms with E-state index in [1.54, 1.807) is 30.3 Å². The first kappa shape index (κ1) is 21.9. The quantitative estimate of drug-likeness (QED) is 0.414. The summed E-state index contributed by atoms with van der Waals surface area (Å²) < 4.78 is 24.1. The molecule has 3 aromatic rings. The van der Waals surface area contributed by atoms with Crippen molar-refractivity contribution in [1.82, 2.24) is 10.2 Å². The fourth-order valence-electron chi connectivity index (χ4n) is 2.56. The van der Waals surface area contributed by atoms with Crippen molar-refractivity contribution in [3.63, 3.8) is 0 Å². The number of nitriles is 1. The van der Waals surface area contributed by atoms with Crippen LogP contribution in [0.1, 0.15) is 23.1 Å². The van der Waals surface area contributed by atoms with Crippen molar-refractivity contribution in [3.05, 3.63) is 70.0 Å². The molecule has 0 bridgehead atoms. The van der Waals surface area contributed by atoms with Gasteiger partial charge in [0.2, 0.25) is 5.13 Å². The lowest BCUT2D eigenvalue weighted by molar-refractivity contribution is -0.112. The number of aryl methyl sites for hydroxylation is 1. The summed E-state index contributed by atoms with van der Waals surface area (Å²) in [4.78, 5) is 12.4. The second kappa shape index (κ2) is 10.3.